The summed E-state index contributed by atoms with van der Waals surface area (Å²) in [7, 11) is 0. The zero-order valence-electron chi connectivity index (χ0n) is 11.7. The summed E-state index contributed by atoms with van der Waals surface area (Å²) in [6, 6.07) is 6.96. The summed E-state index contributed by atoms with van der Waals surface area (Å²) in [5.41, 5.74) is 1.01. The van der Waals surface area contributed by atoms with E-state index in [9.17, 15) is 9.59 Å². The van der Waals surface area contributed by atoms with Gasteiger partial charge in [0.2, 0.25) is 0 Å². The van der Waals surface area contributed by atoms with Gasteiger partial charge in [0.05, 0.1) is 10.6 Å². The normalized spacial score (nSPS) is 11.2. The smallest absolute Gasteiger partial charge is 0.280 e. The topological polar surface area (TPSA) is 69.3 Å². The Hall–Kier alpha value is -2.99. The Morgan fingerprint density at radius 1 is 1.13 bits per heavy atom. The van der Waals surface area contributed by atoms with E-state index in [1.54, 1.807) is 29.1 Å². The number of halogens is 1. The summed E-state index contributed by atoms with van der Waals surface area (Å²) in [6.07, 6.45) is 6.98. The number of carbonyl (C=O) groups is 1. The number of nitrogens with zero attached hydrogens (tertiary/aromatic N) is 4. The van der Waals surface area contributed by atoms with Gasteiger partial charge in [-0.25, -0.2) is 9.97 Å². The number of aldehydes is 1. The molecule has 0 aliphatic heterocycles. The van der Waals surface area contributed by atoms with Crippen molar-refractivity contribution in [2.24, 2.45) is 0 Å². The molecule has 0 unspecified atom stereocenters. The van der Waals surface area contributed by atoms with Gasteiger partial charge in [0, 0.05) is 30.2 Å². The highest BCUT2D eigenvalue weighted by atomic mass is 35.5. The molecule has 23 heavy (non-hydrogen) atoms. The van der Waals surface area contributed by atoms with Crippen LogP contribution in [0.5, 0.6) is 0 Å². The molecule has 4 aromatic rings. The van der Waals surface area contributed by atoms with Crippen molar-refractivity contribution in [2.45, 2.75) is 0 Å². The van der Waals surface area contributed by atoms with Crippen LogP contribution in [0.1, 0.15) is 10.4 Å². The summed E-state index contributed by atoms with van der Waals surface area (Å²) in [4.78, 5) is 32.5. The van der Waals surface area contributed by atoms with E-state index in [4.69, 9.17) is 11.6 Å². The van der Waals surface area contributed by atoms with Crippen molar-refractivity contribution in [2.75, 3.05) is 0 Å². The van der Waals surface area contributed by atoms with Gasteiger partial charge in [-0.3, -0.25) is 18.6 Å². The summed E-state index contributed by atoms with van der Waals surface area (Å²) in [5.74, 6) is 0.207. The Balaban J connectivity index is 2.09. The molecule has 0 saturated heterocycles. The lowest BCUT2D eigenvalue weighted by atomic mass is 10.2. The first-order chi connectivity index (χ1) is 11.2. The minimum Gasteiger partial charge on any atom is -0.298 e. The van der Waals surface area contributed by atoms with Gasteiger partial charge < -0.3 is 0 Å². The molecule has 112 valence electrons. The third kappa shape index (κ3) is 1.96. The van der Waals surface area contributed by atoms with Gasteiger partial charge in [-0.1, -0.05) is 11.6 Å². The van der Waals surface area contributed by atoms with Gasteiger partial charge in [0.25, 0.3) is 5.56 Å². The zero-order valence-corrected chi connectivity index (χ0v) is 12.4. The molecule has 0 amide bonds. The number of hydrogen-bond donors (Lipinski definition) is 0. The van der Waals surface area contributed by atoms with Crippen LogP contribution in [0.4, 0.5) is 0 Å². The van der Waals surface area contributed by atoms with E-state index in [2.05, 4.69) is 9.97 Å². The molecule has 0 atom stereocenters. The highest BCUT2D eigenvalue weighted by Gasteiger charge is 2.14. The Bertz CT molecular complexity index is 1130. The molecule has 4 rings (SSSR count). The molecule has 0 aromatic carbocycles. The maximum absolute atomic E-state index is 12.8. The van der Waals surface area contributed by atoms with Gasteiger partial charge in [0.1, 0.15) is 11.2 Å². The highest BCUT2D eigenvalue weighted by Crippen LogP contribution is 2.20. The van der Waals surface area contributed by atoms with E-state index in [-0.39, 0.29) is 22.0 Å². The highest BCUT2D eigenvalue weighted by molar-refractivity contribution is 6.33. The second-order valence-corrected chi connectivity index (χ2v) is 5.34. The summed E-state index contributed by atoms with van der Waals surface area (Å²) in [6.45, 7) is 0. The van der Waals surface area contributed by atoms with Gasteiger partial charge in [-0.15, -0.1) is 0 Å². The summed E-state index contributed by atoms with van der Waals surface area (Å²) in [5, 5.41) is 1.11. The van der Waals surface area contributed by atoms with E-state index in [0.29, 0.717) is 17.5 Å². The fourth-order valence-electron chi connectivity index (χ4n) is 2.60. The number of fused-ring (bicyclic) bond motifs is 3. The van der Waals surface area contributed by atoms with Crippen molar-refractivity contribution in [1.29, 1.82) is 0 Å². The lowest BCUT2D eigenvalue weighted by Crippen LogP contribution is -2.21. The van der Waals surface area contributed by atoms with Crippen LogP contribution in [0.3, 0.4) is 0 Å². The van der Waals surface area contributed by atoms with E-state index in [1.807, 2.05) is 12.1 Å². The lowest BCUT2D eigenvalue weighted by molar-refractivity contribution is 0.112. The van der Waals surface area contributed by atoms with E-state index < -0.39 is 0 Å². The molecule has 4 aromatic heterocycles. The molecular formula is C16H9ClN4O2. The number of pyridine rings is 2. The largest absolute Gasteiger partial charge is 0.298 e. The van der Waals surface area contributed by atoms with Gasteiger partial charge >= 0.3 is 0 Å². The molecule has 0 aliphatic rings. The van der Waals surface area contributed by atoms with Crippen molar-refractivity contribution < 1.29 is 4.79 Å². The predicted octanol–water partition coefficient (Wildman–Crippen LogP) is 2.50. The first kappa shape index (κ1) is 13.7. The average Bonchev–Trinajstić information content (AvgIpc) is 2.95. The van der Waals surface area contributed by atoms with Crippen molar-refractivity contribution in [3.05, 3.63) is 70.0 Å². The number of hydrogen-bond acceptors (Lipinski definition) is 4. The van der Waals surface area contributed by atoms with Gasteiger partial charge in [-0.05, 0) is 24.3 Å². The van der Waals surface area contributed by atoms with Crippen molar-refractivity contribution in [3.63, 3.8) is 0 Å². The number of aromatic nitrogens is 4. The molecule has 0 aliphatic carbocycles. The molecule has 0 spiro atoms. The van der Waals surface area contributed by atoms with Crippen LogP contribution in [-0.4, -0.2) is 25.2 Å². The maximum atomic E-state index is 12.8. The average molecular weight is 325 g/mol. The molecule has 7 heteroatoms. The lowest BCUT2D eigenvalue weighted by Gasteiger charge is -2.08. The molecule has 0 radical (unpaired) electrons. The van der Waals surface area contributed by atoms with Crippen molar-refractivity contribution in [3.8, 4) is 5.82 Å². The third-order valence-corrected chi connectivity index (χ3v) is 3.99. The third-order valence-electron chi connectivity index (χ3n) is 3.66. The fraction of sp³-hybridized carbons (Fsp3) is 0. The van der Waals surface area contributed by atoms with Crippen LogP contribution in [0, 0.1) is 0 Å². The van der Waals surface area contributed by atoms with E-state index in [1.165, 1.54) is 16.8 Å². The van der Waals surface area contributed by atoms with Crippen LogP contribution in [0.2, 0.25) is 5.02 Å². The number of rotatable bonds is 2. The minimum atomic E-state index is -0.302. The SMILES string of the molecule is O=Cc1c(Cl)ccnc1-n1ccn2c(cc3cccnc32)c1=O. The van der Waals surface area contributed by atoms with Crippen molar-refractivity contribution >= 4 is 34.4 Å². The molecule has 4 heterocycles. The molecule has 0 N–H and O–H groups in total. The van der Waals surface area contributed by atoms with Crippen LogP contribution in [0.25, 0.3) is 22.4 Å². The molecule has 6 nitrogen and oxygen atoms in total. The Kier molecular flexibility index (Phi) is 2.99. The van der Waals surface area contributed by atoms with E-state index in [0.717, 1.165) is 5.39 Å². The van der Waals surface area contributed by atoms with Gasteiger partial charge in [-0.2, -0.15) is 0 Å². The maximum Gasteiger partial charge on any atom is 0.280 e. The monoisotopic (exact) mass is 324 g/mol. The van der Waals surface area contributed by atoms with Gasteiger partial charge in [0.15, 0.2) is 12.1 Å². The first-order valence-electron chi connectivity index (χ1n) is 6.78. The summed E-state index contributed by atoms with van der Waals surface area (Å²) < 4.78 is 3.02. The quantitative estimate of drug-likeness (QED) is 0.531. The standard InChI is InChI=1S/C16H9ClN4O2/c17-12-3-5-19-15(11(12)9-22)21-7-6-20-13(16(21)23)8-10-2-1-4-18-14(10)20/h1-9H. The first-order valence-corrected chi connectivity index (χ1v) is 7.16. The van der Waals surface area contributed by atoms with Crippen LogP contribution in [0.15, 0.2) is 53.8 Å². The van der Waals surface area contributed by atoms with Crippen molar-refractivity contribution in [1.82, 2.24) is 18.9 Å². The second-order valence-electron chi connectivity index (χ2n) is 4.94. The van der Waals surface area contributed by atoms with Crippen LogP contribution >= 0.6 is 11.6 Å². The van der Waals surface area contributed by atoms with Crippen LogP contribution in [-0.2, 0) is 0 Å². The minimum absolute atomic E-state index is 0.176. The second kappa shape index (κ2) is 5.03. The zero-order chi connectivity index (χ0) is 16.0. The predicted molar refractivity (Wildman–Crippen MR) is 86.5 cm³/mol. The van der Waals surface area contributed by atoms with E-state index >= 15 is 0 Å². The molecule has 0 fully saturated rings. The molecule has 0 saturated carbocycles. The molecule has 0 bridgehead atoms. The Morgan fingerprint density at radius 3 is 2.83 bits per heavy atom. The number of carbonyl (C=O) groups excluding carboxylic acids is 1. The molecular weight excluding hydrogens is 316 g/mol. The Morgan fingerprint density at radius 2 is 2.00 bits per heavy atom. The Labute approximate surface area is 134 Å². The fourth-order valence-corrected chi connectivity index (χ4v) is 2.79. The van der Waals surface area contributed by atoms with Crippen LogP contribution < -0.4 is 5.56 Å². The summed E-state index contributed by atoms with van der Waals surface area (Å²) >= 11 is 6.01.